The van der Waals surface area contributed by atoms with Crippen LogP contribution in [0.25, 0.3) is 0 Å². The number of rotatable bonds is 2. The highest BCUT2D eigenvalue weighted by Crippen LogP contribution is 2.18. The van der Waals surface area contributed by atoms with Crippen LogP contribution in [0.2, 0.25) is 0 Å². The summed E-state index contributed by atoms with van der Waals surface area (Å²) in [5, 5.41) is 6.30. The molecule has 0 aliphatic carbocycles. The number of carbonyl (C=O) groups is 1. The van der Waals surface area contributed by atoms with Crippen LogP contribution in [0, 0.1) is 0 Å². The second kappa shape index (κ2) is 5.03. The zero-order chi connectivity index (χ0) is 12.5. The third kappa shape index (κ3) is 2.20. The van der Waals surface area contributed by atoms with Gasteiger partial charge < -0.3 is 20.3 Å². The van der Waals surface area contributed by atoms with Crippen LogP contribution < -0.4 is 10.6 Å². The fourth-order valence-corrected chi connectivity index (χ4v) is 3.13. The lowest BCUT2D eigenvalue weighted by atomic mass is 10.1. The second-order valence-corrected chi connectivity index (χ2v) is 5.38. The Morgan fingerprint density at radius 2 is 2.28 bits per heavy atom. The predicted molar refractivity (Wildman–Crippen MR) is 67.5 cm³/mol. The fraction of sp³-hybridized carbons (Fsp3) is 0.917. The van der Waals surface area contributed by atoms with Gasteiger partial charge in [0.2, 0.25) is 0 Å². The number of ether oxygens (including phenoxy) is 1. The third-order valence-electron chi connectivity index (χ3n) is 4.33. The SMILES string of the molecule is CC(C1CNCCO1)N1CCN2C(=O)NCC2C1. The van der Waals surface area contributed by atoms with Crippen molar-refractivity contribution in [1.82, 2.24) is 20.4 Å². The van der Waals surface area contributed by atoms with E-state index < -0.39 is 0 Å². The van der Waals surface area contributed by atoms with E-state index in [1.54, 1.807) is 0 Å². The van der Waals surface area contributed by atoms with Gasteiger partial charge >= 0.3 is 6.03 Å². The van der Waals surface area contributed by atoms with Crippen LogP contribution in [0.4, 0.5) is 4.79 Å². The predicted octanol–water partition coefficient (Wildman–Crippen LogP) is -0.927. The normalized spacial score (nSPS) is 35.2. The van der Waals surface area contributed by atoms with Gasteiger partial charge in [0.1, 0.15) is 0 Å². The molecule has 6 nitrogen and oxygen atoms in total. The Morgan fingerprint density at radius 3 is 3.06 bits per heavy atom. The molecule has 2 N–H and O–H groups in total. The van der Waals surface area contributed by atoms with E-state index in [4.69, 9.17) is 4.74 Å². The lowest BCUT2D eigenvalue weighted by molar-refractivity contribution is -0.0385. The van der Waals surface area contributed by atoms with E-state index in [9.17, 15) is 4.79 Å². The molecular formula is C12H22N4O2. The second-order valence-electron chi connectivity index (χ2n) is 5.38. The summed E-state index contributed by atoms with van der Waals surface area (Å²) in [6, 6.07) is 0.851. The minimum atomic E-state index is 0.0999. The summed E-state index contributed by atoms with van der Waals surface area (Å²) in [6.45, 7) is 8.45. The van der Waals surface area contributed by atoms with E-state index in [-0.39, 0.29) is 12.1 Å². The largest absolute Gasteiger partial charge is 0.374 e. The average molecular weight is 254 g/mol. The van der Waals surface area contributed by atoms with Crippen LogP contribution >= 0.6 is 0 Å². The number of carbonyl (C=O) groups excluding carboxylic acids is 1. The maximum atomic E-state index is 11.5. The van der Waals surface area contributed by atoms with Crippen LogP contribution in [0.3, 0.4) is 0 Å². The summed E-state index contributed by atoms with van der Waals surface area (Å²) in [4.78, 5) is 16.0. The lowest BCUT2D eigenvalue weighted by Gasteiger charge is -2.42. The van der Waals surface area contributed by atoms with E-state index in [0.29, 0.717) is 12.1 Å². The Bertz CT molecular complexity index is 319. The van der Waals surface area contributed by atoms with Gasteiger partial charge in [-0.2, -0.15) is 0 Å². The highest BCUT2D eigenvalue weighted by Gasteiger charge is 2.38. The number of nitrogens with zero attached hydrogens (tertiary/aromatic N) is 2. The van der Waals surface area contributed by atoms with Gasteiger partial charge in [-0.05, 0) is 6.92 Å². The summed E-state index contributed by atoms with van der Waals surface area (Å²) in [7, 11) is 0. The van der Waals surface area contributed by atoms with E-state index in [2.05, 4.69) is 22.5 Å². The summed E-state index contributed by atoms with van der Waals surface area (Å²) in [5.74, 6) is 0. The molecule has 102 valence electrons. The van der Waals surface area contributed by atoms with E-state index in [1.165, 1.54) is 0 Å². The van der Waals surface area contributed by atoms with Crippen LogP contribution in [-0.4, -0.2) is 79.9 Å². The minimum absolute atomic E-state index is 0.0999. The van der Waals surface area contributed by atoms with Crippen molar-refractivity contribution in [2.75, 3.05) is 45.9 Å². The molecule has 6 heteroatoms. The van der Waals surface area contributed by atoms with Crippen LogP contribution in [0.15, 0.2) is 0 Å². The summed E-state index contributed by atoms with van der Waals surface area (Å²) in [5.41, 5.74) is 0. The maximum Gasteiger partial charge on any atom is 0.317 e. The third-order valence-corrected chi connectivity index (χ3v) is 4.33. The quantitative estimate of drug-likeness (QED) is 0.669. The van der Waals surface area contributed by atoms with Crippen molar-refractivity contribution in [1.29, 1.82) is 0 Å². The van der Waals surface area contributed by atoms with Gasteiger partial charge in [-0.25, -0.2) is 4.79 Å². The first-order chi connectivity index (χ1) is 8.75. The van der Waals surface area contributed by atoms with Crippen LogP contribution in [-0.2, 0) is 4.74 Å². The molecule has 2 amide bonds. The molecule has 3 heterocycles. The van der Waals surface area contributed by atoms with Crippen molar-refractivity contribution in [3.63, 3.8) is 0 Å². The molecular weight excluding hydrogens is 232 g/mol. The molecule has 0 bridgehead atoms. The van der Waals surface area contributed by atoms with E-state index in [0.717, 1.165) is 45.9 Å². The molecule has 0 aromatic rings. The van der Waals surface area contributed by atoms with Crippen molar-refractivity contribution in [2.45, 2.75) is 25.1 Å². The molecule has 3 fully saturated rings. The molecule has 0 radical (unpaired) electrons. The summed E-state index contributed by atoms with van der Waals surface area (Å²) >= 11 is 0. The molecule has 3 rings (SSSR count). The van der Waals surface area contributed by atoms with Gasteiger partial charge in [-0.1, -0.05) is 0 Å². The zero-order valence-electron chi connectivity index (χ0n) is 10.9. The molecule has 0 aromatic heterocycles. The van der Waals surface area contributed by atoms with Gasteiger partial charge in [-0.15, -0.1) is 0 Å². The summed E-state index contributed by atoms with van der Waals surface area (Å²) in [6.07, 6.45) is 0.273. The topological polar surface area (TPSA) is 56.8 Å². The Kier molecular flexibility index (Phi) is 3.41. The van der Waals surface area contributed by atoms with E-state index in [1.807, 2.05) is 4.90 Å². The number of nitrogens with one attached hydrogen (secondary N) is 2. The molecule has 3 unspecified atom stereocenters. The molecule has 18 heavy (non-hydrogen) atoms. The Balaban J connectivity index is 1.58. The first-order valence-corrected chi connectivity index (χ1v) is 6.86. The fourth-order valence-electron chi connectivity index (χ4n) is 3.13. The molecule has 0 spiro atoms. The number of hydrogen-bond acceptors (Lipinski definition) is 4. The van der Waals surface area contributed by atoms with Crippen molar-refractivity contribution >= 4 is 6.03 Å². The number of urea groups is 1. The van der Waals surface area contributed by atoms with Crippen molar-refractivity contribution in [2.24, 2.45) is 0 Å². The van der Waals surface area contributed by atoms with Gasteiger partial charge in [-0.3, -0.25) is 4.90 Å². The number of amides is 2. The number of morpholine rings is 1. The Labute approximate surface area is 108 Å². The molecule has 3 atom stereocenters. The van der Waals surface area contributed by atoms with Gasteiger partial charge in [0.05, 0.1) is 18.8 Å². The monoisotopic (exact) mass is 254 g/mol. The Morgan fingerprint density at radius 1 is 1.39 bits per heavy atom. The van der Waals surface area contributed by atoms with Crippen LogP contribution in [0.5, 0.6) is 0 Å². The lowest BCUT2D eigenvalue weighted by Crippen LogP contribution is -2.59. The standard InChI is InChI=1S/C12H22N4O2/c1-9(11-7-13-2-5-18-11)15-3-4-16-10(8-15)6-14-12(16)17/h9-11,13H,2-8H2,1H3,(H,14,17). The number of piperazine rings is 1. The molecule has 3 aliphatic heterocycles. The Hall–Kier alpha value is -0.850. The molecule has 3 aliphatic rings. The zero-order valence-corrected chi connectivity index (χ0v) is 10.9. The van der Waals surface area contributed by atoms with Gasteiger partial charge in [0.25, 0.3) is 0 Å². The number of fused-ring (bicyclic) bond motifs is 1. The molecule has 3 saturated heterocycles. The van der Waals surface area contributed by atoms with Crippen molar-refractivity contribution < 1.29 is 9.53 Å². The van der Waals surface area contributed by atoms with Gasteiger partial charge in [0, 0.05) is 45.3 Å². The molecule has 0 saturated carbocycles. The van der Waals surface area contributed by atoms with Crippen molar-refractivity contribution in [3.05, 3.63) is 0 Å². The highest BCUT2D eigenvalue weighted by atomic mass is 16.5. The van der Waals surface area contributed by atoms with E-state index >= 15 is 0 Å². The first kappa shape index (κ1) is 12.2. The first-order valence-electron chi connectivity index (χ1n) is 6.86. The molecule has 0 aromatic carbocycles. The maximum absolute atomic E-state index is 11.5. The average Bonchev–Trinajstić information content (AvgIpc) is 2.80. The highest BCUT2D eigenvalue weighted by molar-refractivity contribution is 5.77. The smallest absolute Gasteiger partial charge is 0.317 e. The summed E-state index contributed by atoms with van der Waals surface area (Å²) < 4.78 is 5.83. The van der Waals surface area contributed by atoms with Crippen LogP contribution in [0.1, 0.15) is 6.92 Å². The van der Waals surface area contributed by atoms with Gasteiger partial charge in [0.15, 0.2) is 0 Å². The van der Waals surface area contributed by atoms with Crippen molar-refractivity contribution in [3.8, 4) is 0 Å². The number of hydrogen-bond donors (Lipinski definition) is 2. The minimum Gasteiger partial charge on any atom is -0.374 e.